The van der Waals surface area contributed by atoms with Gasteiger partial charge in [-0.15, -0.1) is 11.3 Å². The van der Waals surface area contributed by atoms with Gasteiger partial charge < -0.3 is 0 Å². The highest BCUT2D eigenvalue weighted by atomic mass is 32.1. The van der Waals surface area contributed by atoms with E-state index < -0.39 is 0 Å². The molecule has 0 bridgehead atoms. The van der Waals surface area contributed by atoms with Gasteiger partial charge in [0.05, 0.1) is 10.2 Å². The summed E-state index contributed by atoms with van der Waals surface area (Å²) in [5.41, 5.74) is 1.96. The maximum atomic E-state index is 12.9. The number of halogens is 1. The van der Waals surface area contributed by atoms with Gasteiger partial charge in [0.2, 0.25) is 0 Å². The first-order valence-electron chi connectivity index (χ1n) is 5.12. The van der Waals surface area contributed by atoms with Crippen LogP contribution >= 0.6 is 23.6 Å². The van der Waals surface area contributed by atoms with Crippen molar-refractivity contribution in [3.8, 4) is 5.69 Å². The molecule has 2 aromatic carbocycles. The van der Waals surface area contributed by atoms with Crippen molar-refractivity contribution in [3.63, 3.8) is 0 Å². The molecule has 0 aliphatic rings. The van der Waals surface area contributed by atoms with Crippen LogP contribution in [-0.2, 0) is 0 Å². The second-order valence-electron chi connectivity index (χ2n) is 3.65. The number of hydrogen-bond acceptors (Lipinski definition) is 2. The van der Waals surface area contributed by atoms with E-state index in [2.05, 4.69) is 0 Å². The highest BCUT2D eigenvalue weighted by molar-refractivity contribution is 7.73. The zero-order valence-corrected chi connectivity index (χ0v) is 10.4. The fourth-order valence-corrected chi connectivity index (χ4v) is 3.17. The van der Waals surface area contributed by atoms with E-state index in [-0.39, 0.29) is 5.82 Å². The highest BCUT2D eigenvalue weighted by Crippen LogP contribution is 2.26. The molecule has 0 saturated heterocycles. The Morgan fingerprint density at radius 3 is 2.47 bits per heavy atom. The Morgan fingerprint density at radius 2 is 1.71 bits per heavy atom. The lowest BCUT2D eigenvalue weighted by molar-refractivity contribution is 0.627. The number of fused-ring (bicyclic) bond motifs is 1. The lowest BCUT2D eigenvalue weighted by Crippen LogP contribution is -1.92. The Bertz CT molecular complexity index is 725. The molecule has 1 nitrogen and oxygen atoms in total. The lowest BCUT2D eigenvalue weighted by Gasteiger charge is -2.04. The summed E-state index contributed by atoms with van der Waals surface area (Å²) >= 11 is 6.92. The van der Waals surface area contributed by atoms with Crippen LogP contribution in [-0.4, -0.2) is 4.57 Å². The van der Waals surface area contributed by atoms with Gasteiger partial charge in [-0.3, -0.25) is 4.57 Å². The smallest absolute Gasteiger partial charge is 0.166 e. The topological polar surface area (TPSA) is 4.93 Å². The molecule has 0 N–H and O–H groups in total. The van der Waals surface area contributed by atoms with Crippen molar-refractivity contribution in [2.24, 2.45) is 0 Å². The first-order valence-corrected chi connectivity index (χ1v) is 6.35. The molecule has 0 unspecified atom stereocenters. The van der Waals surface area contributed by atoms with Crippen LogP contribution in [0.5, 0.6) is 0 Å². The molecule has 0 atom stereocenters. The van der Waals surface area contributed by atoms with Crippen LogP contribution in [0.1, 0.15) is 0 Å². The molecule has 0 aliphatic heterocycles. The second kappa shape index (κ2) is 4.05. The molecule has 4 heteroatoms. The summed E-state index contributed by atoms with van der Waals surface area (Å²) in [4.78, 5) is 0. The summed E-state index contributed by atoms with van der Waals surface area (Å²) < 4.78 is 16.8. The first kappa shape index (κ1) is 10.6. The van der Waals surface area contributed by atoms with Crippen molar-refractivity contribution >= 4 is 33.8 Å². The van der Waals surface area contributed by atoms with Crippen LogP contribution in [0.25, 0.3) is 15.9 Å². The molecule has 0 saturated carbocycles. The van der Waals surface area contributed by atoms with Crippen LogP contribution in [0.4, 0.5) is 4.39 Å². The number of nitrogens with zero attached hydrogens (tertiary/aromatic N) is 1. The molecule has 3 aromatic rings. The average Bonchev–Trinajstić information content (AvgIpc) is 2.66. The highest BCUT2D eigenvalue weighted by Gasteiger charge is 2.06. The molecule has 1 aromatic heterocycles. The van der Waals surface area contributed by atoms with Crippen LogP contribution < -0.4 is 0 Å². The molecule has 84 valence electrons. The minimum atomic E-state index is -0.236. The van der Waals surface area contributed by atoms with Crippen molar-refractivity contribution in [2.75, 3.05) is 0 Å². The number of aromatic nitrogens is 1. The van der Waals surface area contributed by atoms with Gasteiger partial charge in [0.15, 0.2) is 3.95 Å². The third-order valence-electron chi connectivity index (χ3n) is 2.57. The summed E-state index contributed by atoms with van der Waals surface area (Å²) in [7, 11) is 0. The summed E-state index contributed by atoms with van der Waals surface area (Å²) in [6.07, 6.45) is 0. The Hall–Kier alpha value is -1.52. The molecule has 3 rings (SSSR count). The number of para-hydroxylation sites is 1. The van der Waals surface area contributed by atoms with E-state index in [1.807, 2.05) is 28.8 Å². The van der Waals surface area contributed by atoms with Crippen molar-refractivity contribution in [1.82, 2.24) is 4.57 Å². The molecule has 0 spiro atoms. The second-order valence-corrected chi connectivity index (χ2v) is 5.32. The summed E-state index contributed by atoms with van der Waals surface area (Å²) in [5, 5.41) is 0. The minimum Gasteiger partial charge on any atom is -0.291 e. The minimum absolute atomic E-state index is 0.236. The fourth-order valence-electron chi connectivity index (χ4n) is 1.80. The summed E-state index contributed by atoms with van der Waals surface area (Å²) in [5.74, 6) is -0.236. The van der Waals surface area contributed by atoms with Crippen molar-refractivity contribution < 1.29 is 4.39 Å². The SMILES string of the molecule is Fc1ccc(-n2c(=S)sc3ccccc32)cc1. The largest absolute Gasteiger partial charge is 0.291 e. The molecule has 1 heterocycles. The van der Waals surface area contributed by atoms with Gasteiger partial charge >= 0.3 is 0 Å². The Kier molecular flexibility index (Phi) is 2.53. The van der Waals surface area contributed by atoms with Gasteiger partial charge in [0, 0.05) is 5.69 Å². The van der Waals surface area contributed by atoms with Gasteiger partial charge in [-0.2, -0.15) is 0 Å². The van der Waals surface area contributed by atoms with Gasteiger partial charge in [-0.05, 0) is 48.6 Å². The Balaban J connectivity index is 2.33. The molecule has 0 radical (unpaired) electrons. The summed E-state index contributed by atoms with van der Waals surface area (Å²) in [6, 6.07) is 14.4. The van der Waals surface area contributed by atoms with E-state index in [9.17, 15) is 4.39 Å². The van der Waals surface area contributed by atoms with E-state index in [1.54, 1.807) is 23.5 Å². The van der Waals surface area contributed by atoms with Crippen LogP contribution in [0.2, 0.25) is 0 Å². The maximum Gasteiger partial charge on any atom is 0.166 e. The number of hydrogen-bond donors (Lipinski definition) is 0. The van der Waals surface area contributed by atoms with Gasteiger partial charge in [0.1, 0.15) is 5.82 Å². The third kappa shape index (κ3) is 1.79. The zero-order chi connectivity index (χ0) is 11.8. The number of benzene rings is 2. The first-order chi connectivity index (χ1) is 8.25. The molecule has 0 aliphatic carbocycles. The third-order valence-corrected chi connectivity index (χ3v) is 3.93. The van der Waals surface area contributed by atoms with Gasteiger partial charge in [-0.25, -0.2) is 4.39 Å². The Labute approximate surface area is 107 Å². The van der Waals surface area contributed by atoms with E-state index in [0.717, 1.165) is 19.9 Å². The molecular formula is C13H8FNS2. The normalized spacial score (nSPS) is 10.9. The zero-order valence-electron chi connectivity index (χ0n) is 8.76. The predicted octanol–water partition coefficient (Wildman–Crippen LogP) is 4.56. The van der Waals surface area contributed by atoms with Gasteiger partial charge in [0.25, 0.3) is 0 Å². The maximum absolute atomic E-state index is 12.9. The van der Waals surface area contributed by atoms with E-state index in [4.69, 9.17) is 12.2 Å². The predicted molar refractivity (Wildman–Crippen MR) is 71.9 cm³/mol. The fraction of sp³-hybridized carbons (Fsp3) is 0. The van der Waals surface area contributed by atoms with Crippen LogP contribution in [0, 0.1) is 9.77 Å². The van der Waals surface area contributed by atoms with E-state index in [1.165, 1.54) is 12.1 Å². The van der Waals surface area contributed by atoms with Crippen molar-refractivity contribution in [3.05, 3.63) is 58.3 Å². The lowest BCUT2D eigenvalue weighted by atomic mass is 10.3. The van der Waals surface area contributed by atoms with Crippen molar-refractivity contribution in [2.45, 2.75) is 0 Å². The van der Waals surface area contributed by atoms with Gasteiger partial charge in [-0.1, -0.05) is 12.1 Å². The summed E-state index contributed by atoms with van der Waals surface area (Å²) in [6.45, 7) is 0. The standard InChI is InChI=1S/C13H8FNS2/c14-9-5-7-10(8-6-9)15-11-3-1-2-4-12(11)17-13(15)16/h1-8H. The van der Waals surface area contributed by atoms with Crippen LogP contribution in [0.3, 0.4) is 0 Å². The number of thiazole rings is 1. The molecule has 0 amide bonds. The monoisotopic (exact) mass is 261 g/mol. The molecule has 0 fully saturated rings. The molecule has 17 heavy (non-hydrogen) atoms. The van der Waals surface area contributed by atoms with Crippen molar-refractivity contribution in [1.29, 1.82) is 0 Å². The van der Waals surface area contributed by atoms with E-state index in [0.29, 0.717) is 0 Å². The Morgan fingerprint density at radius 1 is 1.00 bits per heavy atom. The van der Waals surface area contributed by atoms with Crippen LogP contribution in [0.15, 0.2) is 48.5 Å². The molecular weight excluding hydrogens is 253 g/mol. The average molecular weight is 261 g/mol. The number of rotatable bonds is 1. The van der Waals surface area contributed by atoms with E-state index >= 15 is 0 Å². The quantitative estimate of drug-likeness (QED) is 0.581.